The molecule has 0 aromatic heterocycles. The first-order valence-corrected chi connectivity index (χ1v) is 7.74. The molecule has 21 heavy (non-hydrogen) atoms. The van der Waals surface area contributed by atoms with Crippen LogP contribution in [0.25, 0.3) is 0 Å². The molecule has 0 radical (unpaired) electrons. The maximum Gasteiger partial charge on any atom is 0.161 e. The van der Waals surface area contributed by atoms with Crippen LogP contribution in [0.15, 0.2) is 18.2 Å². The number of aliphatic hydroxyl groups excluding tert-OH is 1. The maximum absolute atomic E-state index is 10.8. The Kier molecular flexibility index (Phi) is 4.03. The molecule has 1 unspecified atom stereocenters. The number of hydrogen-bond donors (Lipinski definition) is 1. The van der Waals surface area contributed by atoms with Gasteiger partial charge in [-0.1, -0.05) is 31.7 Å². The number of benzene rings is 1. The van der Waals surface area contributed by atoms with Crippen molar-refractivity contribution >= 4 is 0 Å². The van der Waals surface area contributed by atoms with Crippen molar-refractivity contribution in [3.63, 3.8) is 0 Å². The molecule has 0 saturated heterocycles. The zero-order valence-electron chi connectivity index (χ0n) is 12.2. The largest absolute Gasteiger partial charge is 0.486 e. The minimum Gasteiger partial charge on any atom is -0.486 e. The Morgan fingerprint density at radius 3 is 2.38 bits per heavy atom. The lowest BCUT2D eigenvalue weighted by atomic mass is 9.74. The molecule has 0 bridgehead atoms. The Hall–Kier alpha value is -1.73. The zero-order chi connectivity index (χ0) is 14.7. The van der Waals surface area contributed by atoms with Crippen molar-refractivity contribution in [1.82, 2.24) is 0 Å². The number of nitriles is 1. The SMILES string of the molecule is N#CC1(C(O)c2ccc3c(c2)OCCO3)CCCCCC1. The second kappa shape index (κ2) is 5.95. The lowest BCUT2D eigenvalue weighted by Gasteiger charge is -2.31. The molecule has 1 fully saturated rings. The molecule has 4 heteroatoms. The molecule has 0 spiro atoms. The Morgan fingerprint density at radius 2 is 1.71 bits per heavy atom. The van der Waals surface area contributed by atoms with E-state index in [0.717, 1.165) is 44.1 Å². The van der Waals surface area contributed by atoms with E-state index in [0.29, 0.717) is 24.7 Å². The topological polar surface area (TPSA) is 62.5 Å². The van der Waals surface area contributed by atoms with Crippen LogP contribution < -0.4 is 9.47 Å². The number of aliphatic hydroxyl groups is 1. The highest BCUT2D eigenvalue weighted by atomic mass is 16.6. The van der Waals surface area contributed by atoms with Gasteiger partial charge in [0.25, 0.3) is 0 Å². The Bertz CT molecular complexity index is 541. The zero-order valence-corrected chi connectivity index (χ0v) is 12.2. The van der Waals surface area contributed by atoms with Crippen LogP contribution in [0.2, 0.25) is 0 Å². The van der Waals surface area contributed by atoms with Gasteiger partial charge < -0.3 is 14.6 Å². The normalized spacial score (nSPS) is 21.9. The fourth-order valence-corrected chi connectivity index (χ4v) is 3.35. The van der Waals surface area contributed by atoms with Gasteiger partial charge in [-0.2, -0.15) is 5.26 Å². The molecule has 1 aliphatic carbocycles. The number of rotatable bonds is 2. The summed E-state index contributed by atoms with van der Waals surface area (Å²) in [5, 5.41) is 20.5. The highest BCUT2D eigenvalue weighted by Crippen LogP contribution is 2.46. The van der Waals surface area contributed by atoms with Gasteiger partial charge >= 0.3 is 0 Å². The van der Waals surface area contributed by atoms with E-state index in [9.17, 15) is 10.4 Å². The first-order valence-electron chi connectivity index (χ1n) is 7.74. The molecule has 4 nitrogen and oxygen atoms in total. The molecule has 3 rings (SSSR count). The van der Waals surface area contributed by atoms with Gasteiger partial charge in [0.2, 0.25) is 0 Å². The molecule has 1 atom stereocenters. The van der Waals surface area contributed by atoms with E-state index in [1.807, 2.05) is 18.2 Å². The third-order valence-corrected chi connectivity index (χ3v) is 4.62. The van der Waals surface area contributed by atoms with Crippen molar-refractivity contribution in [2.24, 2.45) is 5.41 Å². The summed E-state index contributed by atoms with van der Waals surface area (Å²) in [6.07, 6.45) is 5.08. The van der Waals surface area contributed by atoms with Crippen LogP contribution in [0.3, 0.4) is 0 Å². The Morgan fingerprint density at radius 1 is 1.05 bits per heavy atom. The van der Waals surface area contributed by atoms with E-state index in [1.165, 1.54) is 0 Å². The molecule has 1 aliphatic heterocycles. The molecule has 1 N–H and O–H groups in total. The van der Waals surface area contributed by atoms with E-state index in [1.54, 1.807) is 0 Å². The summed E-state index contributed by atoms with van der Waals surface area (Å²) in [7, 11) is 0. The van der Waals surface area contributed by atoms with Crippen LogP contribution in [0, 0.1) is 16.7 Å². The number of nitrogens with zero attached hydrogens (tertiary/aromatic N) is 1. The van der Waals surface area contributed by atoms with Crippen LogP contribution in [0.5, 0.6) is 11.5 Å². The summed E-state index contributed by atoms with van der Waals surface area (Å²) in [5.41, 5.74) is 0.0861. The summed E-state index contributed by atoms with van der Waals surface area (Å²) in [5.74, 6) is 1.38. The van der Waals surface area contributed by atoms with E-state index < -0.39 is 11.5 Å². The minimum atomic E-state index is -0.767. The van der Waals surface area contributed by atoms with Gasteiger partial charge in [0.1, 0.15) is 13.2 Å². The second-order valence-corrected chi connectivity index (χ2v) is 5.99. The average molecular weight is 287 g/mol. The van der Waals surface area contributed by atoms with Crippen molar-refractivity contribution in [1.29, 1.82) is 5.26 Å². The van der Waals surface area contributed by atoms with E-state index >= 15 is 0 Å². The summed E-state index contributed by atoms with van der Waals surface area (Å²) >= 11 is 0. The first-order chi connectivity index (χ1) is 10.2. The molecule has 112 valence electrons. The molecule has 2 aliphatic rings. The van der Waals surface area contributed by atoms with Gasteiger partial charge in [0.05, 0.1) is 17.6 Å². The van der Waals surface area contributed by atoms with Gasteiger partial charge in [-0.25, -0.2) is 0 Å². The van der Waals surface area contributed by atoms with Crippen molar-refractivity contribution < 1.29 is 14.6 Å². The maximum atomic E-state index is 10.8. The highest BCUT2D eigenvalue weighted by Gasteiger charge is 2.39. The van der Waals surface area contributed by atoms with Gasteiger partial charge in [-0.3, -0.25) is 0 Å². The molecule has 1 aromatic carbocycles. The lowest BCUT2D eigenvalue weighted by molar-refractivity contribution is 0.0511. The summed E-state index contributed by atoms with van der Waals surface area (Å²) in [4.78, 5) is 0. The molecular formula is C17H21NO3. The van der Waals surface area contributed by atoms with Crippen molar-refractivity contribution in [2.45, 2.75) is 44.6 Å². The Balaban J connectivity index is 1.89. The molecular weight excluding hydrogens is 266 g/mol. The molecule has 0 amide bonds. The predicted octanol–water partition coefficient (Wildman–Crippen LogP) is 3.36. The van der Waals surface area contributed by atoms with E-state index in [-0.39, 0.29) is 0 Å². The van der Waals surface area contributed by atoms with E-state index in [4.69, 9.17) is 9.47 Å². The van der Waals surface area contributed by atoms with Gasteiger partial charge in [-0.15, -0.1) is 0 Å². The Labute approximate surface area is 125 Å². The summed E-state index contributed by atoms with van der Waals surface area (Å²) in [6.45, 7) is 1.08. The second-order valence-electron chi connectivity index (χ2n) is 5.99. The lowest BCUT2D eigenvalue weighted by Crippen LogP contribution is -2.27. The fraction of sp³-hybridized carbons (Fsp3) is 0.588. The van der Waals surface area contributed by atoms with Gasteiger partial charge in [0.15, 0.2) is 11.5 Å². The molecule has 1 aromatic rings. The van der Waals surface area contributed by atoms with Crippen molar-refractivity contribution in [3.05, 3.63) is 23.8 Å². The molecule has 1 heterocycles. The van der Waals surface area contributed by atoms with Crippen LogP contribution in [0.1, 0.15) is 50.2 Å². The number of hydrogen-bond acceptors (Lipinski definition) is 4. The quantitative estimate of drug-likeness (QED) is 0.847. The highest BCUT2D eigenvalue weighted by molar-refractivity contribution is 5.45. The monoisotopic (exact) mass is 287 g/mol. The van der Waals surface area contributed by atoms with Crippen molar-refractivity contribution in [3.8, 4) is 17.6 Å². The number of fused-ring (bicyclic) bond motifs is 1. The minimum absolute atomic E-state index is 0.524. The van der Waals surface area contributed by atoms with Crippen LogP contribution in [0.4, 0.5) is 0 Å². The first kappa shape index (κ1) is 14.2. The van der Waals surface area contributed by atoms with Crippen LogP contribution in [-0.2, 0) is 0 Å². The standard InChI is InChI=1S/C17H21NO3/c18-12-17(7-3-1-2-4-8-17)16(19)13-5-6-14-15(11-13)21-10-9-20-14/h5-6,11,16,19H,1-4,7-10H2. The predicted molar refractivity (Wildman–Crippen MR) is 78.1 cm³/mol. The summed E-state index contributed by atoms with van der Waals surface area (Å²) < 4.78 is 11.1. The van der Waals surface area contributed by atoms with Crippen LogP contribution in [-0.4, -0.2) is 18.3 Å². The smallest absolute Gasteiger partial charge is 0.161 e. The average Bonchev–Trinajstić information content (AvgIpc) is 2.80. The third-order valence-electron chi connectivity index (χ3n) is 4.62. The van der Waals surface area contributed by atoms with E-state index in [2.05, 4.69) is 6.07 Å². The molecule has 1 saturated carbocycles. The third kappa shape index (κ3) is 2.71. The van der Waals surface area contributed by atoms with Gasteiger partial charge in [-0.05, 0) is 30.5 Å². The fourth-order valence-electron chi connectivity index (χ4n) is 3.35. The van der Waals surface area contributed by atoms with Crippen LogP contribution >= 0.6 is 0 Å². The van der Waals surface area contributed by atoms with Crippen molar-refractivity contribution in [2.75, 3.05) is 13.2 Å². The summed E-state index contributed by atoms with van der Waals surface area (Å²) in [6, 6.07) is 7.91. The number of ether oxygens (including phenoxy) is 2. The van der Waals surface area contributed by atoms with Gasteiger partial charge in [0, 0.05) is 0 Å².